The lowest BCUT2D eigenvalue weighted by Gasteiger charge is -2.20. The second-order valence-electron chi connectivity index (χ2n) is 11.0. The van der Waals surface area contributed by atoms with Gasteiger partial charge in [0.1, 0.15) is 0 Å². The van der Waals surface area contributed by atoms with Crippen LogP contribution >= 0.6 is 57.5 Å². The highest BCUT2D eigenvalue weighted by Gasteiger charge is 2.37. The second-order valence-corrected chi connectivity index (χ2v) is 16.6. The van der Waals surface area contributed by atoms with Crippen molar-refractivity contribution in [3.63, 3.8) is 0 Å². The summed E-state index contributed by atoms with van der Waals surface area (Å²) in [5.74, 6) is 0. The lowest BCUT2D eigenvalue weighted by molar-refractivity contribution is 0.533. The highest BCUT2D eigenvalue weighted by atomic mass is 32.2. The molecule has 2 aliphatic rings. The predicted molar refractivity (Wildman–Crippen MR) is 159 cm³/mol. The Morgan fingerprint density at radius 3 is 2.06 bits per heavy atom. The van der Waals surface area contributed by atoms with Crippen molar-refractivity contribution in [2.24, 2.45) is 5.41 Å². The molecule has 1 aromatic carbocycles. The van der Waals surface area contributed by atoms with Crippen molar-refractivity contribution in [2.45, 2.75) is 57.5 Å². The smallest absolute Gasteiger partial charge is 0.0892 e. The molecule has 0 spiro atoms. The van der Waals surface area contributed by atoms with Gasteiger partial charge in [-0.25, -0.2) is 0 Å². The summed E-state index contributed by atoms with van der Waals surface area (Å²) in [6.07, 6.45) is 5.07. The molecule has 2 unspecified atom stereocenters. The van der Waals surface area contributed by atoms with Crippen LogP contribution in [-0.2, 0) is 5.41 Å². The van der Waals surface area contributed by atoms with E-state index in [9.17, 15) is 0 Å². The standard InChI is InChI=1S/C27H29NS5/c1-26(2,3)20-9-15-23-14(10-22(28-7)33-23)13-8-16(31-24(13)25(15)32-20)17-11-18-19(29-17)12-21(30-18)27(4,5)6/h8-12,18-19,28H,1-7H3. The maximum Gasteiger partial charge on any atom is 0.0892 e. The van der Waals surface area contributed by atoms with Crippen molar-refractivity contribution in [1.29, 1.82) is 0 Å². The molecule has 6 heteroatoms. The number of hydrogen-bond donors (Lipinski definition) is 1. The van der Waals surface area contributed by atoms with Gasteiger partial charge < -0.3 is 5.32 Å². The van der Waals surface area contributed by atoms with E-state index < -0.39 is 0 Å². The van der Waals surface area contributed by atoms with E-state index in [1.54, 1.807) is 4.91 Å². The molecule has 1 N–H and O–H groups in total. The van der Waals surface area contributed by atoms with E-state index in [0.717, 1.165) is 0 Å². The number of allylic oxidation sites excluding steroid dienone is 1. The number of anilines is 1. The average molecular weight is 528 g/mol. The molecule has 0 fully saturated rings. The quantitative estimate of drug-likeness (QED) is 0.278. The van der Waals surface area contributed by atoms with Gasteiger partial charge in [-0.3, -0.25) is 0 Å². The summed E-state index contributed by atoms with van der Waals surface area (Å²) in [5, 5.41) is 10.1. The molecule has 0 bridgehead atoms. The van der Waals surface area contributed by atoms with E-state index >= 15 is 0 Å². The Hall–Kier alpha value is -0.920. The third kappa shape index (κ3) is 3.63. The number of fused-ring (bicyclic) bond motifs is 7. The van der Waals surface area contributed by atoms with Gasteiger partial charge in [0.25, 0.3) is 0 Å². The van der Waals surface area contributed by atoms with Crippen molar-refractivity contribution >= 4 is 97.7 Å². The second kappa shape index (κ2) is 7.54. The van der Waals surface area contributed by atoms with E-state index in [1.807, 2.05) is 41.1 Å². The van der Waals surface area contributed by atoms with Crippen LogP contribution in [0, 0.1) is 5.41 Å². The van der Waals surface area contributed by atoms with Crippen molar-refractivity contribution < 1.29 is 0 Å². The van der Waals surface area contributed by atoms with E-state index in [0.29, 0.717) is 10.5 Å². The van der Waals surface area contributed by atoms with Gasteiger partial charge in [0.05, 0.1) is 14.4 Å². The topological polar surface area (TPSA) is 12.0 Å². The number of benzene rings is 1. The van der Waals surface area contributed by atoms with E-state index in [-0.39, 0.29) is 10.8 Å². The van der Waals surface area contributed by atoms with Gasteiger partial charge in [-0.1, -0.05) is 53.7 Å². The van der Waals surface area contributed by atoms with Crippen molar-refractivity contribution in [2.75, 3.05) is 12.4 Å². The highest BCUT2D eigenvalue weighted by molar-refractivity contribution is 8.12. The molecule has 0 amide bonds. The van der Waals surface area contributed by atoms with Crippen LogP contribution in [0.1, 0.15) is 51.3 Å². The van der Waals surface area contributed by atoms with Gasteiger partial charge >= 0.3 is 0 Å². The molecular formula is C27H29NS5. The van der Waals surface area contributed by atoms with Gasteiger partial charge in [-0.05, 0) is 33.9 Å². The zero-order valence-electron chi connectivity index (χ0n) is 20.1. The molecule has 5 heterocycles. The number of thioether (sulfide) groups is 2. The van der Waals surface area contributed by atoms with Crippen molar-refractivity contribution in [3.05, 3.63) is 45.0 Å². The van der Waals surface area contributed by atoms with Crippen LogP contribution in [0.3, 0.4) is 0 Å². The first kappa shape index (κ1) is 22.5. The Balaban J connectivity index is 1.50. The Morgan fingerprint density at radius 1 is 0.697 bits per heavy atom. The average Bonchev–Trinajstić information content (AvgIpc) is 3.50. The van der Waals surface area contributed by atoms with Crippen LogP contribution in [-0.4, -0.2) is 17.5 Å². The lowest BCUT2D eigenvalue weighted by atomic mass is 9.94. The van der Waals surface area contributed by atoms with Crippen LogP contribution in [0.4, 0.5) is 5.00 Å². The minimum atomic E-state index is 0.168. The molecule has 33 heavy (non-hydrogen) atoms. The molecule has 0 radical (unpaired) electrons. The molecule has 0 aliphatic carbocycles. The third-order valence-corrected chi connectivity index (χ3v) is 13.8. The number of thiophene rings is 3. The summed E-state index contributed by atoms with van der Waals surface area (Å²) < 4.78 is 4.36. The van der Waals surface area contributed by atoms with Crippen LogP contribution in [0.25, 0.3) is 35.2 Å². The van der Waals surface area contributed by atoms with Crippen LogP contribution < -0.4 is 5.32 Å². The molecule has 0 saturated heterocycles. The Labute approximate surface area is 216 Å². The normalized spacial score (nSPS) is 21.3. The summed E-state index contributed by atoms with van der Waals surface area (Å²) >= 11 is 10.0. The molecule has 2 aliphatic heterocycles. The largest absolute Gasteiger partial charge is 0.380 e. The molecule has 0 saturated carbocycles. The minimum absolute atomic E-state index is 0.168. The minimum Gasteiger partial charge on any atom is -0.380 e. The number of nitrogens with one attached hydrogen (secondary N) is 1. The molecule has 2 atom stereocenters. The Bertz CT molecular complexity index is 1480. The first-order valence-electron chi connectivity index (χ1n) is 11.4. The van der Waals surface area contributed by atoms with Crippen molar-refractivity contribution in [3.8, 4) is 0 Å². The van der Waals surface area contributed by atoms with E-state index in [2.05, 4.69) is 101 Å². The SMILES string of the molecule is CNc1cc2c3cc(C4=CC5SC(C(C)(C)C)=CC5S4)sc3c3sc(C(C)(C)C)cc3c2s1. The fourth-order valence-electron chi connectivity index (χ4n) is 4.52. The summed E-state index contributed by atoms with van der Waals surface area (Å²) in [4.78, 5) is 5.93. The van der Waals surface area contributed by atoms with E-state index in [4.69, 9.17) is 0 Å². The first-order chi connectivity index (χ1) is 15.5. The van der Waals surface area contributed by atoms with Gasteiger partial charge in [-0.2, -0.15) is 0 Å². The maximum absolute atomic E-state index is 3.39. The van der Waals surface area contributed by atoms with Gasteiger partial charge in [0, 0.05) is 53.1 Å². The van der Waals surface area contributed by atoms with Crippen molar-refractivity contribution in [1.82, 2.24) is 0 Å². The predicted octanol–water partition coefficient (Wildman–Crippen LogP) is 10.2. The third-order valence-electron chi connectivity index (χ3n) is 6.39. The fraction of sp³-hybridized carbons (Fsp3) is 0.407. The highest BCUT2D eigenvalue weighted by Crippen LogP contribution is 2.56. The molecule has 6 rings (SSSR count). The number of hydrogen-bond acceptors (Lipinski definition) is 6. The van der Waals surface area contributed by atoms with Crippen LogP contribution in [0.5, 0.6) is 0 Å². The van der Waals surface area contributed by atoms with Crippen LogP contribution in [0.2, 0.25) is 0 Å². The monoisotopic (exact) mass is 527 g/mol. The zero-order valence-corrected chi connectivity index (χ0v) is 24.2. The number of rotatable bonds is 2. The maximum atomic E-state index is 3.39. The fourth-order valence-corrected chi connectivity index (χ4v) is 11.3. The van der Waals surface area contributed by atoms with Gasteiger partial charge in [0.2, 0.25) is 0 Å². The summed E-state index contributed by atoms with van der Waals surface area (Å²) in [6, 6.07) is 7.29. The molecule has 172 valence electrons. The zero-order chi connectivity index (χ0) is 23.3. The summed E-state index contributed by atoms with van der Waals surface area (Å²) in [5.41, 5.74) is 0.424. The molecule has 4 aromatic rings. The van der Waals surface area contributed by atoms with Gasteiger partial charge in [-0.15, -0.1) is 57.5 Å². The summed E-state index contributed by atoms with van der Waals surface area (Å²) in [6.45, 7) is 14.0. The molecular weight excluding hydrogens is 499 g/mol. The van der Waals surface area contributed by atoms with Crippen LogP contribution in [0.15, 0.2) is 35.3 Å². The summed E-state index contributed by atoms with van der Waals surface area (Å²) in [7, 11) is 2.03. The Morgan fingerprint density at radius 2 is 1.39 bits per heavy atom. The molecule has 1 nitrogen and oxygen atoms in total. The first-order valence-corrected chi connectivity index (χ1v) is 15.6. The lowest BCUT2D eigenvalue weighted by Crippen LogP contribution is -2.07. The van der Waals surface area contributed by atoms with Gasteiger partial charge in [0.15, 0.2) is 0 Å². The molecule has 3 aromatic heterocycles. The Kier molecular flexibility index (Phi) is 5.15. The van der Waals surface area contributed by atoms with E-state index in [1.165, 1.54) is 49.9 Å².